The van der Waals surface area contributed by atoms with Crippen molar-refractivity contribution in [3.63, 3.8) is 0 Å². The Labute approximate surface area is 116 Å². The van der Waals surface area contributed by atoms with Gasteiger partial charge < -0.3 is 10.2 Å². The van der Waals surface area contributed by atoms with Gasteiger partial charge in [0.05, 0.1) is 5.69 Å². The molecule has 3 heteroatoms. The Morgan fingerprint density at radius 3 is 2.89 bits per heavy atom. The van der Waals surface area contributed by atoms with Crippen LogP contribution < -0.4 is 10.2 Å². The molecule has 2 unspecified atom stereocenters. The Hall–Kier alpha value is -1.09. The Bertz CT molecular complexity index is 419. The molecule has 1 heterocycles. The number of hydrogen-bond donors (Lipinski definition) is 1. The normalized spacial score (nSPS) is 21.5. The van der Waals surface area contributed by atoms with Crippen LogP contribution in [0.2, 0.25) is 0 Å². The number of anilines is 1. The van der Waals surface area contributed by atoms with E-state index in [4.69, 9.17) is 0 Å². The first-order chi connectivity index (χ1) is 9.19. The molecule has 0 aliphatic carbocycles. The SMILES string of the molecule is CCC1CCCCN1c1c(F)cccc1C(C)NC. The second-order valence-corrected chi connectivity index (χ2v) is 5.44. The molecule has 1 aliphatic heterocycles. The maximum Gasteiger partial charge on any atom is 0.146 e. The summed E-state index contributed by atoms with van der Waals surface area (Å²) in [5.74, 6) is -0.0834. The molecule has 1 saturated heterocycles. The van der Waals surface area contributed by atoms with E-state index in [1.54, 1.807) is 6.07 Å². The highest BCUT2D eigenvalue weighted by atomic mass is 19.1. The Balaban J connectivity index is 2.41. The number of nitrogens with one attached hydrogen (secondary N) is 1. The summed E-state index contributed by atoms with van der Waals surface area (Å²) < 4.78 is 14.4. The Morgan fingerprint density at radius 1 is 1.42 bits per heavy atom. The van der Waals surface area contributed by atoms with Gasteiger partial charge in [-0.2, -0.15) is 0 Å². The molecule has 0 aromatic heterocycles. The third-order valence-electron chi connectivity index (χ3n) is 4.30. The minimum absolute atomic E-state index is 0.0834. The van der Waals surface area contributed by atoms with Crippen molar-refractivity contribution < 1.29 is 4.39 Å². The van der Waals surface area contributed by atoms with Crippen LogP contribution in [-0.4, -0.2) is 19.6 Å². The Morgan fingerprint density at radius 2 is 2.21 bits per heavy atom. The number of hydrogen-bond acceptors (Lipinski definition) is 2. The van der Waals surface area contributed by atoms with Crippen molar-refractivity contribution in [3.8, 4) is 0 Å². The summed E-state index contributed by atoms with van der Waals surface area (Å²) in [4.78, 5) is 2.29. The van der Waals surface area contributed by atoms with E-state index in [1.165, 1.54) is 12.8 Å². The topological polar surface area (TPSA) is 15.3 Å². The second-order valence-electron chi connectivity index (χ2n) is 5.44. The van der Waals surface area contributed by atoms with E-state index in [2.05, 4.69) is 24.1 Å². The van der Waals surface area contributed by atoms with Crippen molar-refractivity contribution in [3.05, 3.63) is 29.6 Å². The lowest BCUT2D eigenvalue weighted by molar-refractivity contribution is 0.440. The molecule has 2 nitrogen and oxygen atoms in total. The average molecular weight is 264 g/mol. The average Bonchev–Trinajstić information content (AvgIpc) is 2.46. The zero-order valence-corrected chi connectivity index (χ0v) is 12.2. The monoisotopic (exact) mass is 264 g/mol. The van der Waals surface area contributed by atoms with Crippen LogP contribution in [0.15, 0.2) is 18.2 Å². The minimum Gasteiger partial charge on any atom is -0.366 e. The second kappa shape index (κ2) is 6.38. The summed E-state index contributed by atoms with van der Waals surface area (Å²) in [7, 11) is 1.92. The van der Waals surface area contributed by atoms with Gasteiger partial charge in [-0.25, -0.2) is 4.39 Å². The molecular formula is C16H25FN2. The van der Waals surface area contributed by atoms with Crippen molar-refractivity contribution in [2.75, 3.05) is 18.5 Å². The molecule has 1 fully saturated rings. The summed E-state index contributed by atoms with van der Waals surface area (Å²) in [5, 5.41) is 3.23. The van der Waals surface area contributed by atoms with Crippen molar-refractivity contribution in [1.29, 1.82) is 0 Å². The van der Waals surface area contributed by atoms with Crippen molar-refractivity contribution in [2.24, 2.45) is 0 Å². The predicted octanol–water partition coefficient (Wildman–Crippen LogP) is 3.88. The van der Waals surface area contributed by atoms with Crippen LogP contribution in [-0.2, 0) is 0 Å². The highest BCUT2D eigenvalue weighted by molar-refractivity contribution is 5.57. The zero-order chi connectivity index (χ0) is 13.8. The minimum atomic E-state index is -0.0834. The van der Waals surface area contributed by atoms with Gasteiger partial charge >= 0.3 is 0 Å². The molecular weight excluding hydrogens is 239 g/mol. The predicted molar refractivity (Wildman–Crippen MR) is 79.2 cm³/mol. The van der Waals surface area contributed by atoms with E-state index >= 15 is 0 Å². The smallest absolute Gasteiger partial charge is 0.146 e. The third kappa shape index (κ3) is 2.92. The van der Waals surface area contributed by atoms with Crippen molar-refractivity contribution >= 4 is 5.69 Å². The molecule has 106 valence electrons. The number of halogens is 1. The van der Waals surface area contributed by atoms with Gasteiger partial charge in [-0.1, -0.05) is 19.1 Å². The molecule has 0 saturated carbocycles. The molecule has 19 heavy (non-hydrogen) atoms. The third-order valence-corrected chi connectivity index (χ3v) is 4.30. The quantitative estimate of drug-likeness (QED) is 0.888. The number of para-hydroxylation sites is 1. The molecule has 0 amide bonds. The molecule has 1 aliphatic rings. The van der Waals surface area contributed by atoms with Gasteiger partial charge in [-0.15, -0.1) is 0 Å². The van der Waals surface area contributed by atoms with Gasteiger partial charge in [0.1, 0.15) is 5.82 Å². The molecule has 1 aromatic carbocycles. The molecule has 2 atom stereocenters. The van der Waals surface area contributed by atoms with Gasteiger partial charge in [0, 0.05) is 18.6 Å². The van der Waals surface area contributed by atoms with Gasteiger partial charge in [-0.3, -0.25) is 0 Å². The Kier molecular flexibility index (Phi) is 4.81. The van der Waals surface area contributed by atoms with Gasteiger partial charge in [0.15, 0.2) is 0 Å². The standard InChI is InChI=1S/C16H25FN2/c1-4-13-8-5-6-11-19(13)16-14(12(2)18-3)9-7-10-15(16)17/h7,9-10,12-13,18H,4-6,8,11H2,1-3H3. The van der Waals surface area contributed by atoms with E-state index in [0.29, 0.717) is 6.04 Å². The van der Waals surface area contributed by atoms with Gasteiger partial charge in [0.2, 0.25) is 0 Å². The first-order valence-corrected chi connectivity index (χ1v) is 7.41. The van der Waals surface area contributed by atoms with Crippen LogP contribution in [0.25, 0.3) is 0 Å². The summed E-state index contributed by atoms with van der Waals surface area (Å²) in [6, 6.07) is 6.09. The van der Waals surface area contributed by atoms with Crippen LogP contribution in [0.1, 0.15) is 51.1 Å². The van der Waals surface area contributed by atoms with Gasteiger partial charge in [-0.05, 0) is 51.3 Å². The number of benzene rings is 1. The van der Waals surface area contributed by atoms with E-state index in [9.17, 15) is 4.39 Å². The molecule has 0 spiro atoms. The van der Waals surface area contributed by atoms with Crippen LogP contribution in [0.5, 0.6) is 0 Å². The van der Waals surface area contributed by atoms with E-state index in [0.717, 1.165) is 30.6 Å². The van der Waals surface area contributed by atoms with Crippen LogP contribution in [0, 0.1) is 5.82 Å². The van der Waals surface area contributed by atoms with Crippen LogP contribution in [0.3, 0.4) is 0 Å². The van der Waals surface area contributed by atoms with E-state index in [1.807, 2.05) is 19.2 Å². The van der Waals surface area contributed by atoms with Crippen LogP contribution >= 0.6 is 0 Å². The van der Waals surface area contributed by atoms with Gasteiger partial charge in [0.25, 0.3) is 0 Å². The highest BCUT2D eigenvalue weighted by Gasteiger charge is 2.26. The summed E-state index contributed by atoms with van der Waals surface area (Å²) in [6.07, 6.45) is 4.69. The largest absolute Gasteiger partial charge is 0.366 e. The molecule has 0 bridgehead atoms. The lowest BCUT2D eigenvalue weighted by Gasteiger charge is -2.39. The summed E-state index contributed by atoms with van der Waals surface area (Å²) >= 11 is 0. The first kappa shape index (κ1) is 14.3. The number of nitrogens with zero attached hydrogens (tertiary/aromatic N) is 1. The highest BCUT2D eigenvalue weighted by Crippen LogP contribution is 2.34. The summed E-state index contributed by atoms with van der Waals surface area (Å²) in [6.45, 7) is 5.26. The zero-order valence-electron chi connectivity index (χ0n) is 12.2. The number of piperidine rings is 1. The molecule has 0 radical (unpaired) electrons. The number of rotatable bonds is 4. The summed E-state index contributed by atoms with van der Waals surface area (Å²) in [5.41, 5.74) is 1.89. The first-order valence-electron chi connectivity index (χ1n) is 7.41. The molecule has 1 N–H and O–H groups in total. The molecule has 1 aromatic rings. The molecule has 2 rings (SSSR count). The fourth-order valence-electron chi connectivity index (χ4n) is 3.06. The van der Waals surface area contributed by atoms with E-state index in [-0.39, 0.29) is 11.9 Å². The lowest BCUT2D eigenvalue weighted by Crippen LogP contribution is -2.40. The van der Waals surface area contributed by atoms with Crippen LogP contribution in [0.4, 0.5) is 10.1 Å². The maximum atomic E-state index is 14.4. The van der Waals surface area contributed by atoms with E-state index < -0.39 is 0 Å². The fraction of sp³-hybridized carbons (Fsp3) is 0.625. The maximum absolute atomic E-state index is 14.4. The lowest BCUT2D eigenvalue weighted by atomic mass is 9.96. The fourth-order valence-corrected chi connectivity index (χ4v) is 3.06. The van der Waals surface area contributed by atoms with Crippen molar-refractivity contribution in [1.82, 2.24) is 5.32 Å². The van der Waals surface area contributed by atoms with Crippen molar-refractivity contribution in [2.45, 2.75) is 51.6 Å².